The number of aryl methyl sites for hydroxylation is 1. The van der Waals surface area contributed by atoms with Gasteiger partial charge in [0.25, 0.3) is 0 Å². The van der Waals surface area contributed by atoms with E-state index in [1.165, 1.54) is 0 Å². The smallest absolute Gasteiger partial charge is 0.110 e. The molecule has 0 radical (unpaired) electrons. The van der Waals surface area contributed by atoms with Gasteiger partial charge in [-0.25, -0.2) is 4.68 Å². The van der Waals surface area contributed by atoms with Crippen molar-refractivity contribution in [2.45, 2.75) is 63.8 Å². The number of benzene rings is 2. The monoisotopic (exact) mass is 558 g/mol. The summed E-state index contributed by atoms with van der Waals surface area (Å²) in [6.07, 6.45) is 10.5. The molecule has 1 fully saturated rings. The second kappa shape index (κ2) is 11.6. The third kappa shape index (κ3) is 5.54. The fourth-order valence-electron chi connectivity index (χ4n) is 5.69. The normalized spacial score (nSPS) is 15.4. The summed E-state index contributed by atoms with van der Waals surface area (Å²) in [4.78, 5) is 9.00. The lowest BCUT2D eigenvalue weighted by Gasteiger charge is -2.36. The number of hydrogen-bond donors (Lipinski definition) is 3. The summed E-state index contributed by atoms with van der Waals surface area (Å²) in [6.45, 7) is 4.58. The van der Waals surface area contributed by atoms with E-state index in [4.69, 9.17) is 0 Å². The summed E-state index contributed by atoms with van der Waals surface area (Å²) in [5.41, 5.74) is 6.04. The van der Waals surface area contributed by atoms with Gasteiger partial charge in [-0.2, -0.15) is 5.26 Å². The quantitative estimate of drug-likeness (QED) is 0.188. The predicted molar refractivity (Wildman–Crippen MR) is 163 cm³/mol. The Morgan fingerprint density at radius 1 is 1.07 bits per heavy atom. The Morgan fingerprint density at radius 3 is 2.57 bits per heavy atom. The maximum Gasteiger partial charge on any atom is 0.110 e. The Hall–Kier alpha value is -4.81. The molecule has 0 amide bonds. The summed E-state index contributed by atoms with van der Waals surface area (Å²) in [5, 5.41) is 37.7. The van der Waals surface area contributed by atoms with Crippen LogP contribution in [0.5, 0.6) is 0 Å². The van der Waals surface area contributed by atoms with Gasteiger partial charge in [0.2, 0.25) is 0 Å². The standard InChI is InChI=1S/C33H34N8O/c1-3-28(23-9-5-4-6-10-23)38-31-25(17-34)19-36-30-22(2)15-26(16-27(30)31)37-32(24-11-7-14-35-18-24)29-20-41(40-39-29)21-33(42)12-8-13-33/h4-7,9-11,14-16,18-20,28,32,37,42H,3,8,12-13,21H2,1-2H3,(H,36,38)/t28-,32+/m1/s1. The molecule has 0 spiro atoms. The highest BCUT2D eigenvalue weighted by molar-refractivity contribution is 5.98. The van der Waals surface area contributed by atoms with Crippen LogP contribution in [0.2, 0.25) is 0 Å². The third-order valence-electron chi connectivity index (χ3n) is 8.13. The van der Waals surface area contributed by atoms with Gasteiger partial charge in [-0.05, 0) is 67.5 Å². The Kier molecular flexibility index (Phi) is 7.55. The van der Waals surface area contributed by atoms with Gasteiger partial charge < -0.3 is 15.7 Å². The van der Waals surface area contributed by atoms with Crippen molar-refractivity contribution in [2.24, 2.45) is 0 Å². The molecule has 3 N–H and O–H groups in total. The number of nitrogens with zero attached hydrogens (tertiary/aromatic N) is 6. The van der Waals surface area contributed by atoms with E-state index < -0.39 is 5.60 Å². The number of nitriles is 1. The maximum atomic E-state index is 10.7. The molecule has 1 saturated carbocycles. The van der Waals surface area contributed by atoms with E-state index in [-0.39, 0.29) is 12.1 Å². The average Bonchev–Trinajstić information content (AvgIpc) is 3.46. The van der Waals surface area contributed by atoms with Crippen LogP contribution in [0.3, 0.4) is 0 Å². The number of anilines is 2. The van der Waals surface area contributed by atoms with Crippen molar-refractivity contribution < 1.29 is 5.11 Å². The lowest BCUT2D eigenvalue weighted by Crippen LogP contribution is -2.41. The van der Waals surface area contributed by atoms with Crippen LogP contribution < -0.4 is 10.6 Å². The van der Waals surface area contributed by atoms with Crippen LogP contribution in [-0.2, 0) is 6.54 Å². The molecule has 9 heteroatoms. The van der Waals surface area contributed by atoms with Crippen molar-refractivity contribution in [3.05, 3.63) is 107 Å². The van der Waals surface area contributed by atoms with Gasteiger partial charge in [-0.1, -0.05) is 48.5 Å². The fourth-order valence-corrected chi connectivity index (χ4v) is 5.69. The molecule has 0 unspecified atom stereocenters. The van der Waals surface area contributed by atoms with Crippen molar-refractivity contribution in [3.63, 3.8) is 0 Å². The molecule has 2 atom stereocenters. The number of aliphatic hydroxyl groups is 1. The van der Waals surface area contributed by atoms with Gasteiger partial charge >= 0.3 is 0 Å². The molecule has 2 aromatic carbocycles. The van der Waals surface area contributed by atoms with Crippen molar-refractivity contribution in [1.29, 1.82) is 5.26 Å². The van der Waals surface area contributed by atoms with Gasteiger partial charge in [0.1, 0.15) is 11.8 Å². The summed E-state index contributed by atoms with van der Waals surface area (Å²) in [5.74, 6) is 0. The Balaban J connectivity index is 1.39. The van der Waals surface area contributed by atoms with Crippen LogP contribution in [0.15, 0.2) is 79.4 Å². The zero-order valence-corrected chi connectivity index (χ0v) is 23.8. The maximum absolute atomic E-state index is 10.7. The highest BCUT2D eigenvalue weighted by Gasteiger charge is 2.35. The summed E-state index contributed by atoms with van der Waals surface area (Å²) < 4.78 is 1.73. The van der Waals surface area contributed by atoms with E-state index in [1.54, 1.807) is 17.1 Å². The molecule has 3 heterocycles. The zero-order chi connectivity index (χ0) is 29.1. The molecule has 9 nitrogen and oxygen atoms in total. The first kappa shape index (κ1) is 27.4. The first-order valence-electron chi connectivity index (χ1n) is 14.4. The van der Waals surface area contributed by atoms with Crippen LogP contribution in [0, 0.1) is 18.3 Å². The van der Waals surface area contributed by atoms with Crippen LogP contribution in [-0.4, -0.2) is 35.7 Å². The van der Waals surface area contributed by atoms with Crippen LogP contribution >= 0.6 is 0 Å². The second-order valence-corrected chi connectivity index (χ2v) is 11.1. The molecule has 0 aliphatic heterocycles. The molecule has 3 aromatic heterocycles. The van der Waals surface area contributed by atoms with E-state index in [0.29, 0.717) is 12.1 Å². The van der Waals surface area contributed by atoms with Gasteiger partial charge in [0.15, 0.2) is 0 Å². The van der Waals surface area contributed by atoms with Crippen LogP contribution in [0.25, 0.3) is 10.9 Å². The largest absolute Gasteiger partial charge is 0.388 e. The Morgan fingerprint density at radius 2 is 1.88 bits per heavy atom. The number of aromatic nitrogens is 5. The van der Waals surface area contributed by atoms with Gasteiger partial charge in [0.05, 0.1) is 47.2 Å². The fraction of sp³-hybridized carbons (Fsp3) is 0.303. The van der Waals surface area contributed by atoms with Crippen molar-refractivity contribution in [3.8, 4) is 6.07 Å². The third-order valence-corrected chi connectivity index (χ3v) is 8.13. The topological polar surface area (TPSA) is 125 Å². The minimum Gasteiger partial charge on any atom is -0.388 e. The van der Waals surface area contributed by atoms with E-state index in [0.717, 1.165) is 70.3 Å². The van der Waals surface area contributed by atoms with Crippen molar-refractivity contribution in [2.75, 3.05) is 10.6 Å². The molecule has 0 bridgehead atoms. The molecular formula is C33H34N8O. The molecule has 1 aliphatic carbocycles. The first-order chi connectivity index (χ1) is 20.5. The lowest BCUT2D eigenvalue weighted by atomic mass is 9.80. The summed E-state index contributed by atoms with van der Waals surface area (Å²) in [7, 11) is 0. The number of pyridine rings is 2. The number of fused-ring (bicyclic) bond motifs is 1. The number of nitrogens with one attached hydrogen (secondary N) is 2. The molecule has 5 aromatic rings. The SMILES string of the molecule is CC[C@@H](Nc1c(C#N)cnc2c(C)cc(N[C@@H](c3cccnc3)c3cn(CC4(O)CCC4)nn3)cc12)c1ccccc1. The lowest BCUT2D eigenvalue weighted by molar-refractivity contribution is -0.0501. The molecule has 0 saturated heterocycles. The molecular weight excluding hydrogens is 524 g/mol. The molecule has 6 rings (SSSR count). The predicted octanol–water partition coefficient (Wildman–Crippen LogP) is 6.08. The van der Waals surface area contributed by atoms with E-state index in [1.807, 2.05) is 55.7 Å². The van der Waals surface area contributed by atoms with Crippen LogP contribution in [0.4, 0.5) is 11.4 Å². The highest BCUT2D eigenvalue weighted by Crippen LogP contribution is 2.36. The minimum atomic E-state index is -0.706. The molecule has 42 heavy (non-hydrogen) atoms. The van der Waals surface area contributed by atoms with Gasteiger partial charge in [-0.15, -0.1) is 5.10 Å². The summed E-state index contributed by atoms with van der Waals surface area (Å²) in [6, 6.07) is 20.3. The molecule has 212 valence electrons. The molecule has 1 aliphatic rings. The van der Waals surface area contributed by atoms with Crippen LogP contribution in [0.1, 0.15) is 72.6 Å². The zero-order valence-electron chi connectivity index (χ0n) is 23.8. The number of rotatable bonds is 10. The van der Waals surface area contributed by atoms with Crippen molar-refractivity contribution >= 4 is 22.3 Å². The number of hydrogen-bond acceptors (Lipinski definition) is 8. The van der Waals surface area contributed by atoms with Crippen molar-refractivity contribution in [1.82, 2.24) is 25.0 Å². The Labute approximate surface area is 245 Å². The van der Waals surface area contributed by atoms with Gasteiger partial charge in [-0.3, -0.25) is 9.97 Å². The first-order valence-corrected chi connectivity index (χ1v) is 14.4. The highest BCUT2D eigenvalue weighted by atomic mass is 16.3. The minimum absolute atomic E-state index is 0.0319. The summed E-state index contributed by atoms with van der Waals surface area (Å²) >= 11 is 0. The van der Waals surface area contributed by atoms with E-state index >= 15 is 0 Å². The van der Waals surface area contributed by atoms with E-state index in [2.05, 4.69) is 62.1 Å². The second-order valence-electron chi connectivity index (χ2n) is 11.1. The average molecular weight is 559 g/mol. The van der Waals surface area contributed by atoms with E-state index in [9.17, 15) is 10.4 Å². The Bertz CT molecular complexity index is 1720. The van der Waals surface area contributed by atoms with Gasteiger partial charge in [0, 0.05) is 29.7 Å².